The lowest BCUT2D eigenvalue weighted by Gasteiger charge is -2.36. The Labute approximate surface area is 174 Å². The van der Waals surface area contributed by atoms with Gasteiger partial charge in [0, 0.05) is 31.7 Å². The molecule has 1 aliphatic rings. The molecule has 1 heterocycles. The van der Waals surface area contributed by atoms with Gasteiger partial charge in [-0.3, -0.25) is 14.4 Å². The number of methoxy groups -OCH3 is 1. The fraction of sp³-hybridized carbons (Fsp3) is 0.318. The van der Waals surface area contributed by atoms with E-state index in [4.69, 9.17) is 9.47 Å². The summed E-state index contributed by atoms with van der Waals surface area (Å²) in [6.45, 7) is 2.95. The number of ketones is 1. The van der Waals surface area contributed by atoms with Gasteiger partial charge in [-0.15, -0.1) is 0 Å². The number of nitrogens with zero attached hydrogens (tertiary/aromatic N) is 2. The van der Waals surface area contributed by atoms with E-state index in [1.807, 2.05) is 4.90 Å². The number of hydrogen-bond acceptors (Lipinski definition) is 6. The molecule has 7 nitrogen and oxygen atoms in total. The zero-order valence-electron chi connectivity index (χ0n) is 16.9. The molecule has 1 amide bonds. The zero-order valence-corrected chi connectivity index (χ0v) is 16.9. The van der Waals surface area contributed by atoms with Crippen molar-refractivity contribution in [2.75, 3.05) is 44.8 Å². The third-order valence-corrected chi connectivity index (χ3v) is 5.02. The highest BCUT2D eigenvalue weighted by Gasteiger charge is 2.23. The highest BCUT2D eigenvalue weighted by Crippen LogP contribution is 2.24. The number of anilines is 1. The maximum absolute atomic E-state index is 14.4. The quantitative estimate of drug-likeness (QED) is 0.512. The van der Waals surface area contributed by atoms with E-state index >= 15 is 0 Å². The monoisotopic (exact) mass is 414 g/mol. The highest BCUT2D eigenvalue weighted by atomic mass is 19.1. The molecule has 0 radical (unpaired) electrons. The molecular formula is C22H23FN2O5. The van der Waals surface area contributed by atoms with Crippen molar-refractivity contribution < 1.29 is 28.2 Å². The first-order valence-corrected chi connectivity index (χ1v) is 9.52. The van der Waals surface area contributed by atoms with Gasteiger partial charge >= 0.3 is 0 Å². The van der Waals surface area contributed by atoms with E-state index in [0.29, 0.717) is 60.8 Å². The molecule has 0 atom stereocenters. The Morgan fingerprint density at radius 1 is 1.10 bits per heavy atom. The molecule has 0 spiro atoms. The van der Waals surface area contributed by atoms with Gasteiger partial charge in [0.1, 0.15) is 17.3 Å². The third kappa shape index (κ3) is 4.76. The molecule has 0 bridgehead atoms. The molecular weight excluding hydrogens is 391 g/mol. The average Bonchev–Trinajstić information content (AvgIpc) is 2.77. The molecule has 30 heavy (non-hydrogen) atoms. The molecule has 2 aromatic carbocycles. The smallest absolute Gasteiger partial charge is 0.260 e. The Kier molecular flexibility index (Phi) is 6.66. The van der Waals surface area contributed by atoms with Gasteiger partial charge in [-0.2, -0.15) is 0 Å². The number of halogens is 1. The first-order chi connectivity index (χ1) is 14.4. The maximum Gasteiger partial charge on any atom is 0.260 e. The standard InChI is InChI=1S/C22H23FN2O5/c1-15(27)16-3-5-20(19(23)12-16)24-7-9-25(10-8-24)22(28)14-30-21-6-4-18(29-2)11-17(21)13-26/h3-6,11-13H,7-10,14H2,1-2H3. The van der Waals surface area contributed by atoms with E-state index < -0.39 is 5.82 Å². The molecule has 1 aliphatic heterocycles. The summed E-state index contributed by atoms with van der Waals surface area (Å²) in [6.07, 6.45) is 0.646. The van der Waals surface area contributed by atoms with Gasteiger partial charge in [-0.05, 0) is 43.3 Å². The van der Waals surface area contributed by atoms with E-state index in [-0.39, 0.29) is 18.3 Å². The van der Waals surface area contributed by atoms with Crippen LogP contribution >= 0.6 is 0 Å². The molecule has 0 saturated carbocycles. The van der Waals surface area contributed by atoms with E-state index in [9.17, 15) is 18.8 Å². The second-order valence-electron chi connectivity index (χ2n) is 6.90. The summed E-state index contributed by atoms with van der Waals surface area (Å²) < 4.78 is 24.9. The van der Waals surface area contributed by atoms with Crippen LogP contribution in [0.25, 0.3) is 0 Å². The summed E-state index contributed by atoms with van der Waals surface area (Å²) in [6, 6.07) is 9.21. The van der Waals surface area contributed by atoms with Gasteiger partial charge < -0.3 is 19.3 Å². The number of amides is 1. The highest BCUT2D eigenvalue weighted by molar-refractivity contribution is 5.94. The second kappa shape index (κ2) is 9.39. The number of Topliss-reactive ketones (excluding diaryl/α,β-unsaturated/α-hetero) is 1. The Morgan fingerprint density at radius 2 is 1.83 bits per heavy atom. The van der Waals surface area contributed by atoms with Crippen molar-refractivity contribution in [1.82, 2.24) is 4.90 Å². The largest absolute Gasteiger partial charge is 0.497 e. The van der Waals surface area contributed by atoms with Crippen LogP contribution in [-0.4, -0.2) is 62.8 Å². The third-order valence-electron chi connectivity index (χ3n) is 5.02. The normalized spacial score (nSPS) is 13.7. The summed E-state index contributed by atoms with van der Waals surface area (Å²) in [5.74, 6) is -0.0206. The topological polar surface area (TPSA) is 76.2 Å². The summed E-state index contributed by atoms with van der Waals surface area (Å²) in [5, 5.41) is 0. The number of hydrogen-bond donors (Lipinski definition) is 0. The molecule has 0 aromatic heterocycles. The maximum atomic E-state index is 14.4. The molecule has 0 N–H and O–H groups in total. The van der Waals surface area contributed by atoms with Crippen molar-refractivity contribution in [1.29, 1.82) is 0 Å². The SMILES string of the molecule is COc1ccc(OCC(=O)N2CCN(c3ccc(C(C)=O)cc3F)CC2)c(C=O)c1. The van der Waals surface area contributed by atoms with Crippen LogP contribution in [0.2, 0.25) is 0 Å². The van der Waals surface area contributed by atoms with Crippen molar-refractivity contribution in [3.8, 4) is 11.5 Å². The molecule has 158 valence electrons. The molecule has 0 aliphatic carbocycles. The predicted octanol–water partition coefficient (Wildman–Crippen LogP) is 2.58. The van der Waals surface area contributed by atoms with Crippen LogP contribution in [0, 0.1) is 5.82 Å². The molecule has 0 unspecified atom stereocenters. The van der Waals surface area contributed by atoms with Crippen LogP contribution in [0.3, 0.4) is 0 Å². The van der Waals surface area contributed by atoms with Crippen LogP contribution < -0.4 is 14.4 Å². The van der Waals surface area contributed by atoms with Crippen molar-refractivity contribution in [2.45, 2.75) is 6.92 Å². The number of rotatable bonds is 7. The van der Waals surface area contributed by atoms with Crippen LogP contribution in [0.5, 0.6) is 11.5 Å². The molecule has 8 heteroatoms. The van der Waals surface area contributed by atoms with Crippen LogP contribution in [0.15, 0.2) is 36.4 Å². The Morgan fingerprint density at radius 3 is 2.43 bits per heavy atom. The minimum absolute atomic E-state index is 0.189. The first kappa shape index (κ1) is 21.3. The number of aldehydes is 1. The summed E-state index contributed by atoms with van der Waals surface area (Å²) >= 11 is 0. The lowest BCUT2D eigenvalue weighted by molar-refractivity contribution is -0.133. The van der Waals surface area contributed by atoms with Crippen LogP contribution in [-0.2, 0) is 4.79 Å². The molecule has 2 aromatic rings. The number of benzene rings is 2. The Bertz CT molecular complexity index is 955. The van der Waals surface area contributed by atoms with Gasteiger partial charge in [-0.1, -0.05) is 0 Å². The summed E-state index contributed by atoms with van der Waals surface area (Å²) in [7, 11) is 1.50. The van der Waals surface area contributed by atoms with E-state index in [0.717, 1.165) is 0 Å². The lowest BCUT2D eigenvalue weighted by atomic mass is 10.1. The Balaban J connectivity index is 1.56. The van der Waals surface area contributed by atoms with Crippen LogP contribution in [0.1, 0.15) is 27.6 Å². The number of piperazine rings is 1. The average molecular weight is 414 g/mol. The second-order valence-corrected chi connectivity index (χ2v) is 6.90. The number of carbonyl (C=O) groups excluding carboxylic acids is 3. The van der Waals surface area contributed by atoms with Gasteiger partial charge in [0.05, 0.1) is 18.4 Å². The van der Waals surface area contributed by atoms with Crippen molar-refractivity contribution >= 4 is 23.7 Å². The van der Waals surface area contributed by atoms with Crippen molar-refractivity contribution in [3.05, 3.63) is 53.3 Å². The number of ether oxygens (including phenoxy) is 2. The minimum atomic E-state index is -0.452. The van der Waals surface area contributed by atoms with E-state index in [2.05, 4.69) is 0 Å². The van der Waals surface area contributed by atoms with Crippen molar-refractivity contribution in [2.24, 2.45) is 0 Å². The van der Waals surface area contributed by atoms with Gasteiger partial charge in [0.2, 0.25) is 0 Å². The molecule has 3 rings (SSSR count). The zero-order chi connectivity index (χ0) is 21.7. The fourth-order valence-electron chi connectivity index (χ4n) is 3.29. The number of carbonyl (C=O) groups is 3. The first-order valence-electron chi connectivity index (χ1n) is 9.52. The van der Waals surface area contributed by atoms with Gasteiger partial charge in [0.25, 0.3) is 5.91 Å². The molecule has 1 fully saturated rings. The summed E-state index contributed by atoms with van der Waals surface area (Å²) in [5.41, 5.74) is 1.05. The van der Waals surface area contributed by atoms with Gasteiger partial charge in [0.15, 0.2) is 18.7 Å². The van der Waals surface area contributed by atoms with Crippen molar-refractivity contribution in [3.63, 3.8) is 0 Å². The lowest BCUT2D eigenvalue weighted by Crippen LogP contribution is -2.50. The molecule has 1 saturated heterocycles. The van der Waals surface area contributed by atoms with E-state index in [1.165, 1.54) is 26.2 Å². The minimum Gasteiger partial charge on any atom is -0.497 e. The predicted molar refractivity (Wildman–Crippen MR) is 109 cm³/mol. The van der Waals surface area contributed by atoms with Gasteiger partial charge in [-0.25, -0.2) is 4.39 Å². The van der Waals surface area contributed by atoms with E-state index in [1.54, 1.807) is 29.2 Å². The summed E-state index contributed by atoms with van der Waals surface area (Å²) in [4.78, 5) is 38.6. The fourth-order valence-corrected chi connectivity index (χ4v) is 3.29. The Hall–Kier alpha value is -3.42. The van der Waals surface area contributed by atoms with Crippen LogP contribution in [0.4, 0.5) is 10.1 Å².